The van der Waals surface area contributed by atoms with Crippen molar-refractivity contribution < 1.29 is 4.79 Å². The van der Waals surface area contributed by atoms with Gasteiger partial charge in [0.05, 0.1) is 0 Å². The lowest BCUT2D eigenvalue weighted by molar-refractivity contribution is -0.149. The first-order valence-corrected chi connectivity index (χ1v) is 7.53. The van der Waals surface area contributed by atoms with Gasteiger partial charge in [-0.15, -0.1) is 0 Å². The molecule has 2 nitrogen and oxygen atoms in total. The summed E-state index contributed by atoms with van der Waals surface area (Å²) < 4.78 is 0. The van der Waals surface area contributed by atoms with Crippen LogP contribution in [-0.2, 0) is 10.3 Å². The van der Waals surface area contributed by atoms with E-state index in [1.165, 1.54) is 12.0 Å². The lowest BCUT2D eigenvalue weighted by atomic mass is 9.70. The topological polar surface area (TPSA) is 20.3 Å². The summed E-state index contributed by atoms with van der Waals surface area (Å²) in [6.45, 7) is 4.51. The fourth-order valence-corrected chi connectivity index (χ4v) is 4.22. The molecule has 102 valence electrons. The average molecular weight is 257 g/mol. The maximum absolute atomic E-state index is 12.8. The SMILES string of the molecule is CC1CC(C)N1[C@@]1(c2ccccc2)CCCCC1=O. The van der Waals surface area contributed by atoms with Gasteiger partial charge in [-0.05, 0) is 38.7 Å². The number of nitrogens with zero attached hydrogens (tertiary/aromatic N) is 1. The van der Waals surface area contributed by atoms with E-state index in [0.717, 1.165) is 25.7 Å². The molecule has 0 amide bonds. The number of hydrogen-bond acceptors (Lipinski definition) is 2. The van der Waals surface area contributed by atoms with Crippen molar-refractivity contribution in [1.29, 1.82) is 0 Å². The summed E-state index contributed by atoms with van der Waals surface area (Å²) in [4.78, 5) is 15.3. The second-order valence-corrected chi connectivity index (χ2v) is 6.20. The second-order valence-electron chi connectivity index (χ2n) is 6.20. The molecule has 2 fully saturated rings. The van der Waals surface area contributed by atoms with Crippen molar-refractivity contribution in [1.82, 2.24) is 4.90 Å². The lowest BCUT2D eigenvalue weighted by Gasteiger charge is -2.57. The number of hydrogen-bond donors (Lipinski definition) is 0. The molecule has 1 aromatic rings. The first-order chi connectivity index (χ1) is 9.16. The highest BCUT2D eigenvalue weighted by Gasteiger charge is 2.53. The summed E-state index contributed by atoms with van der Waals surface area (Å²) in [5, 5.41) is 0. The van der Waals surface area contributed by atoms with Crippen molar-refractivity contribution in [2.45, 2.75) is 63.6 Å². The minimum Gasteiger partial charge on any atom is -0.297 e. The van der Waals surface area contributed by atoms with Crippen LogP contribution in [0.2, 0.25) is 0 Å². The summed E-state index contributed by atoms with van der Waals surface area (Å²) in [5.74, 6) is 0.434. The normalized spacial score (nSPS) is 36.0. The average Bonchev–Trinajstić information content (AvgIpc) is 2.42. The summed E-state index contributed by atoms with van der Waals surface area (Å²) >= 11 is 0. The van der Waals surface area contributed by atoms with Crippen molar-refractivity contribution in [2.24, 2.45) is 0 Å². The molecule has 0 bridgehead atoms. The van der Waals surface area contributed by atoms with Crippen LogP contribution in [0.5, 0.6) is 0 Å². The van der Waals surface area contributed by atoms with Crippen LogP contribution in [0.25, 0.3) is 0 Å². The molecule has 0 aromatic heterocycles. The quantitative estimate of drug-likeness (QED) is 0.808. The predicted octanol–water partition coefficient (Wildman–Crippen LogP) is 3.51. The molecular weight excluding hydrogens is 234 g/mol. The van der Waals surface area contributed by atoms with Crippen molar-refractivity contribution in [3.63, 3.8) is 0 Å². The number of rotatable bonds is 2. The van der Waals surface area contributed by atoms with Crippen LogP contribution < -0.4 is 0 Å². The van der Waals surface area contributed by atoms with E-state index in [0.29, 0.717) is 17.9 Å². The zero-order valence-corrected chi connectivity index (χ0v) is 11.9. The van der Waals surface area contributed by atoms with Crippen LogP contribution in [0.15, 0.2) is 30.3 Å². The van der Waals surface area contributed by atoms with E-state index in [2.05, 4.69) is 43.0 Å². The Bertz CT molecular complexity index is 461. The first kappa shape index (κ1) is 12.9. The van der Waals surface area contributed by atoms with E-state index in [1.54, 1.807) is 0 Å². The van der Waals surface area contributed by atoms with Crippen LogP contribution in [0, 0.1) is 0 Å². The van der Waals surface area contributed by atoms with Crippen LogP contribution in [0.3, 0.4) is 0 Å². The summed E-state index contributed by atoms with van der Waals surface area (Å²) in [5.41, 5.74) is 0.870. The lowest BCUT2D eigenvalue weighted by Crippen LogP contribution is -2.66. The predicted molar refractivity (Wildman–Crippen MR) is 77.0 cm³/mol. The number of benzene rings is 1. The van der Waals surface area contributed by atoms with Gasteiger partial charge in [0.2, 0.25) is 0 Å². The van der Waals surface area contributed by atoms with Gasteiger partial charge >= 0.3 is 0 Å². The third-order valence-corrected chi connectivity index (χ3v) is 4.98. The van der Waals surface area contributed by atoms with E-state index >= 15 is 0 Å². The standard InChI is InChI=1S/C17H23NO/c1-13-12-14(2)18(13)17(11-7-6-10-16(17)19)15-8-4-3-5-9-15/h3-5,8-9,13-14H,6-7,10-12H2,1-2H3/t13?,14?,17-/m1/s1. The molecule has 0 N–H and O–H groups in total. The van der Waals surface area contributed by atoms with E-state index in [-0.39, 0.29) is 5.54 Å². The zero-order valence-electron chi connectivity index (χ0n) is 11.9. The van der Waals surface area contributed by atoms with Gasteiger partial charge in [0.1, 0.15) is 5.54 Å². The third kappa shape index (κ3) is 1.85. The molecule has 1 aliphatic carbocycles. The van der Waals surface area contributed by atoms with Crippen molar-refractivity contribution in [2.75, 3.05) is 0 Å². The van der Waals surface area contributed by atoms with Gasteiger partial charge in [-0.3, -0.25) is 9.69 Å². The van der Waals surface area contributed by atoms with Crippen molar-refractivity contribution in [3.05, 3.63) is 35.9 Å². The van der Waals surface area contributed by atoms with E-state index in [9.17, 15) is 4.79 Å². The fraction of sp³-hybridized carbons (Fsp3) is 0.588. The number of ketones is 1. The van der Waals surface area contributed by atoms with Crippen LogP contribution in [-0.4, -0.2) is 22.8 Å². The van der Waals surface area contributed by atoms with Crippen molar-refractivity contribution in [3.8, 4) is 0 Å². The highest BCUT2D eigenvalue weighted by molar-refractivity contribution is 5.90. The summed E-state index contributed by atoms with van der Waals surface area (Å²) in [6, 6.07) is 11.5. The molecule has 3 atom stereocenters. The molecule has 3 rings (SSSR count). The molecule has 2 unspecified atom stereocenters. The number of Topliss-reactive ketones (excluding diaryl/α,β-unsaturated/α-hetero) is 1. The Morgan fingerprint density at radius 3 is 2.37 bits per heavy atom. The second kappa shape index (κ2) is 4.75. The van der Waals surface area contributed by atoms with Gasteiger partial charge < -0.3 is 0 Å². The van der Waals surface area contributed by atoms with Gasteiger partial charge in [0, 0.05) is 18.5 Å². The Morgan fingerprint density at radius 2 is 1.79 bits per heavy atom. The van der Waals surface area contributed by atoms with Gasteiger partial charge in [-0.25, -0.2) is 0 Å². The molecule has 1 aliphatic heterocycles. The summed E-state index contributed by atoms with van der Waals surface area (Å²) in [6.07, 6.45) is 5.16. The smallest absolute Gasteiger partial charge is 0.157 e. The molecule has 0 spiro atoms. The molecule has 1 heterocycles. The maximum atomic E-state index is 12.8. The van der Waals surface area contributed by atoms with E-state index in [4.69, 9.17) is 0 Å². The van der Waals surface area contributed by atoms with Gasteiger partial charge in [0.15, 0.2) is 5.78 Å². The zero-order chi connectivity index (χ0) is 13.5. The maximum Gasteiger partial charge on any atom is 0.157 e. The molecule has 19 heavy (non-hydrogen) atoms. The number of likely N-dealkylation sites (tertiary alicyclic amines) is 1. The Hall–Kier alpha value is -1.15. The Labute approximate surface area is 115 Å². The highest BCUT2D eigenvalue weighted by atomic mass is 16.1. The molecule has 2 aliphatic rings. The molecule has 1 saturated heterocycles. The minimum atomic E-state index is -0.337. The monoisotopic (exact) mass is 257 g/mol. The fourth-order valence-electron chi connectivity index (χ4n) is 4.22. The molecule has 0 radical (unpaired) electrons. The molecule has 2 heteroatoms. The minimum absolute atomic E-state index is 0.337. The first-order valence-electron chi connectivity index (χ1n) is 7.53. The van der Waals surface area contributed by atoms with Crippen LogP contribution >= 0.6 is 0 Å². The molecule has 1 saturated carbocycles. The number of carbonyl (C=O) groups is 1. The van der Waals surface area contributed by atoms with Gasteiger partial charge in [0.25, 0.3) is 0 Å². The Kier molecular flexibility index (Phi) is 3.22. The largest absolute Gasteiger partial charge is 0.297 e. The van der Waals surface area contributed by atoms with Gasteiger partial charge in [-0.1, -0.05) is 36.8 Å². The Morgan fingerprint density at radius 1 is 1.11 bits per heavy atom. The van der Waals surface area contributed by atoms with Crippen molar-refractivity contribution >= 4 is 5.78 Å². The van der Waals surface area contributed by atoms with E-state index < -0.39 is 0 Å². The highest BCUT2D eigenvalue weighted by Crippen LogP contribution is 2.46. The van der Waals surface area contributed by atoms with Crippen LogP contribution in [0.4, 0.5) is 0 Å². The number of carbonyl (C=O) groups excluding carboxylic acids is 1. The van der Waals surface area contributed by atoms with Gasteiger partial charge in [-0.2, -0.15) is 0 Å². The third-order valence-electron chi connectivity index (χ3n) is 4.98. The van der Waals surface area contributed by atoms with Crippen LogP contribution in [0.1, 0.15) is 51.5 Å². The molecule has 1 aromatic carbocycles. The molecular formula is C17H23NO. The Balaban J connectivity index is 2.07. The van der Waals surface area contributed by atoms with E-state index in [1.807, 2.05) is 6.07 Å². The summed E-state index contributed by atoms with van der Waals surface area (Å²) in [7, 11) is 0.